The number of carbonyl (C=O) groups is 1. The average molecular weight is 339 g/mol. The molecule has 2 saturated carbocycles. The molecule has 3 heteroatoms. The molecule has 3 nitrogen and oxygen atoms in total. The number of nitrogens with zero attached hydrogens (tertiary/aromatic N) is 1. The fourth-order valence-corrected chi connectivity index (χ4v) is 4.87. The average Bonchev–Trinajstić information content (AvgIpc) is 2.86. The predicted octanol–water partition coefficient (Wildman–Crippen LogP) is 5.91. The number of esters is 1. The zero-order valence-corrected chi connectivity index (χ0v) is 16.3. The highest BCUT2D eigenvalue weighted by Crippen LogP contribution is 2.66. The predicted molar refractivity (Wildman–Crippen MR) is 99.8 cm³/mol. The molecule has 0 aromatic heterocycles. The first-order chi connectivity index (χ1) is 11.5. The van der Waals surface area contributed by atoms with E-state index in [4.69, 9.17) is 11.3 Å². The van der Waals surface area contributed by atoms with Crippen LogP contribution in [0.4, 0.5) is 5.69 Å². The Morgan fingerprint density at radius 1 is 1.28 bits per heavy atom. The third-order valence-electron chi connectivity index (χ3n) is 7.12. The molecule has 0 heterocycles. The Labute approximate surface area is 151 Å². The van der Waals surface area contributed by atoms with Crippen molar-refractivity contribution in [3.8, 4) is 0 Å². The van der Waals surface area contributed by atoms with E-state index in [-0.39, 0.29) is 28.3 Å². The molecule has 3 atom stereocenters. The first-order valence-electron chi connectivity index (χ1n) is 9.23. The standard InChI is InChI=1S/C22H29NO2/c1-20(2,3)16-12-14(8-9-17(16)23-7)19(24)25-18-13-15-10-11-22(18,6)21(15,4)5/h8-9,12,15,18H,10-11,13H2,1-6H3/t15-,18-,22+/m0/s1. The third-order valence-corrected chi connectivity index (χ3v) is 7.12. The Hall–Kier alpha value is -1.82. The first kappa shape index (κ1) is 18.0. The van der Waals surface area contributed by atoms with Crippen LogP contribution < -0.4 is 0 Å². The van der Waals surface area contributed by atoms with Crippen molar-refractivity contribution in [2.24, 2.45) is 16.7 Å². The fourth-order valence-electron chi connectivity index (χ4n) is 4.87. The van der Waals surface area contributed by atoms with Crippen LogP contribution in [0, 0.1) is 23.3 Å². The molecule has 2 fully saturated rings. The summed E-state index contributed by atoms with van der Waals surface area (Å²) < 4.78 is 5.99. The summed E-state index contributed by atoms with van der Waals surface area (Å²) in [6.07, 6.45) is 3.34. The molecule has 0 radical (unpaired) electrons. The molecule has 0 amide bonds. The lowest BCUT2D eigenvalue weighted by Crippen LogP contribution is -2.38. The van der Waals surface area contributed by atoms with E-state index in [1.54, 1.807) is 12.1 Å². The molecule has 134 valence electrons. The summed E-state index contributed by atoms with van der Waals surface area (Å²) in [7, 11) is 0. The van der Waals surface area contributed by atoms with Crippen molar-refractivity contribution in [3.05, 3.63) is 40.7 Å². The number of hydrogen-bond donors (Lipinski definition) is 0. The van der Waals surface area contributed by atoms with Crippen molar-refractivity contribution < 1.29 is 9.53 Å². The maximum atomic E-state index is 12.8. The molecule has 2 aliphatic carbocycles. The van der Waals surface area contributed by atoms with Gasteiger partial charge in [0.1, 0.15) is 6.10 Å². The number of rotatable bonds is 2. The van der Waals surface area contributed by atoms with Crippen LogP contribution in [0.15, 0.2) is 18.2 Å². The van der Waals surface area contributed by atoms with Crippen molar-refractivity contribution in [2.75, 3.05) is 0 Å². The Kier molecular flexibility index (Phi) is 4.02. The number of benzene rings is 1. The van der Waals surface area contributed by atoms with Crippen molar-refractivity contribution in [1.29, 1.82) is 0 Å². The lowest BCUT2D eigenvalue weighted by Gasteiger charge is -2.38. The molecule has 25 heavy (non-hydrogen) atoms. The second kappa shape index (κ2) is 5.59. The highest BCUT2D eigenvalue weighted by Gasteiger charge is 2.62. The minimum absolute atomic E-state index is 0.00706. The van der Waals surface area contributed by atoms with Crippen molar-refractivity contribution in [2.45, 2.75) is 72.3 Å². The second-order valence-electron chi connectivity index (χ2n) is 9.60. The zero-order valence-electron chi connectivity index (χ0n) is 16.3. The van der Waals surface area contributed by atoms with Crippen LogP contribution in [0.1, 0.15) is 76.7 Å². The zero-order chi connectivity index (χ0) is 18.6. The quantitative estimate of drug-likeness (QED) is 0.495. The number of hydrogen-bond acceptors (Lipinski definition) is 2. The molecule has 1 aromatic rings. The Bertz CT molecular complexity index is 750. The maximum Gasteiger partial charge on any atom is 0.338 e. The summed E-state index contributed by atoms with van der Waals surface area (Å²) in [6.45, 7) is 20.5. The molecule has 1 aromatic carbocycles. The van der Waals surface area contributed by atoms with E-state index in [1.807, 2.05) is 6.07 Å². The molecule has 0 aliphatic heterocycles. The van der Waals surface area contributed by atoms with Gasteiger partial charge in [-0.25, -0.2) is 9.64 Å². The van der Waals surface area contributed by atoms with E-state index in [2.05, 4.69) is 46.4 Å². The summed E-state index contributed by atoms with van der Waals surface area (Å²) in [5.74, 6) is 0.390. The molecule has 0 saturated heterocycles. The minimum atomic E-state index is -0.253. The lowest BCUT2D eigenvalue weighted by molar-refractivity contribution is -0.0242. The third kappa shape index (κ3) is 2.67. The lowest BCUT2D eigenvalue weighted by atomic mass is 9.70. The van der Waals surface area contributed by atoms with Crippen LogP contribution in [0.2, 0.25) is 0 Å². The Balaban J connectivity index is 1.85. The number of carbonyl (C=O) groups excluding carboxylic acids is 1. The smallest absolute Gasteiger partial charge is 0.338 e. The van der Waals surface area contributed by atoms with Crippen molar-refractivity contribution in [1.82, 2.24) is 0 Å². The first-order valence-corrected chi connectivity index (χ1v) is 9.23. The van der Waals surface area contributed by atoms with E-state index in [9.17, 15) is 4.79 Å². The van der Waals surface area contributed by atoms with Crippen LogP contribution in [0.5, 0.6) is 0 Å². The summed E-state index contributed by atoms with van der Waals surface area (Å²) in [5, 5.41) is 0. The van der Waals surface area contributed by atoms with Crippen LogP contribution in [0.3, 0.4) is 0 Å². The van der Waals surface area contributed by atoms with Crippen LogP contribution in [-0.4, -0.2) is 12.1 Å². The summed E-state index contributed by atoms with van der Waals surface area (Å²) >= 11 is 0. The van der Waals surface area contributed by atoms with Gasteiger partial charge < -0.3 is 4.74 Å². The largest absolute Gasteiger partial charge is 0.458 e. The van der Waals surface area contributed by atoms with Gasteiger partial charge in [-0.1, -0.05) is 59.7 Å². The number of ether oxygens (including phenoxy) is 1. The minimum Gasteiger partial charge on any atom is -0.458 e. The topological polar surface area (TPSA) is 30.7 Å². The van der Waals surface area contributed by atoms with Gasteiger partial charge >= 0.3 is 5.97 Å². The van der Waals surface area contributed by atoms with Gasteiger partial charge in [-0.05, 0) is 41.6 Å². The van der Waals surface area contributed by atoms with E-state index in [1.165, 1.54) is 6.42 Å². The summed E-state index contributed by atoms with van der Waals surface area (Å²) in [5.41, 5.74) is 2.17. The molecule has 0 N–H and O–H groups in total. The fraction of sp³-hybridized carbons (Fsp3) is 0.636. The SMILES string of the molecule is [C-]#[N+]c1ccc(C(=O)O[C@H]2C[C@@H]3CC[C@@]2(C)C3(C)C)cc1C(C)(C)C. The van der Waals surface area contributed by atoms with E-state index < -0.39 is 0 Å². The van der Waals surface area contributed by atoms with Gasteiger partial charge in [0.15, 0.2) is 5.69 Å². The monoisotopic (exact) mass is 339 g/mol. The van der Waals surface area contributed by atoms with Gasteiger partial charge in [0.05, 0.1) is 12.1 Å². The Morgan fingerprint density at radius 2 is 1.96 bits per heavy atom. The van der Waals surface area contributed by atoms with Gasteiger partial charge in [0.25, 0.3) is 0 Å². The highest BCUT2D eigenvalue weighted by molar-refractivity contribution is 5.90. The Morgan fingerprint density at radius 3 is 2.44 bits per heavy atom. The molecule has 0 spiro atoms. The van der Waals surface area contributed by atoms with Gasteiger partial charge in [-0.15, -0.1) is 0 Å². The maximum absolute atomic E-state index is 12.8. The number of fused-ring (bicyclic) bond motifs is 2. The molecule has 3 rings (SSSR count). The molecule has 2 aliphatic rings. The van der Waals surface area contributed by atoms with Crippen LogP contribution in [-0.2, 0) is 10.2 Å². The summed E-state index contributed by atoms with van der Waals surface area (Å²) in [4.78, 5) is 16.4. The normalized spacial score (nSPS) is 30.1. The molecule has 2 bridgehead atoms. The summed E-state index contributed by atoms with van der Waals surface area (Å²) in [6, 6.07) is 5.32. The van der Waals surface area contributed by atoms with Gasteiger partial charge in [-0.3, -0.25) is 0 Å². The van der Waals surface area contributed by atoms with Crippen LogP contribution in [0.25, 0.3) is 4.85 Å². The van der Waals surface area contributed by atoms with Crippen molar-refractivity contribution in [3.63, 3.8) is 0 Å². The van der Waals surface area contributed by atoms with Gasteiger partial charge in [0, 0.05) is 5.41 Å². The molecular formula is C22H29NO2. The van der Waals surface area contributed by atoms with E-state index in [0.29, 0.717) is 17.2 Å². The van der Waals surface area contributed by atoms with Gasteiger partial charge in [-0.2, -0.15) is 0 Å². The molecular weight excluding hydrogens is 310 g/mol. The van der Waals surface area contributed by atoms with Gasteiger partial charge in [0.2, 0.25) is 0 Å². The molecule has 0 unspecified atom stereocenters. The van der Waals surface area contributed by atoms with E-state index in [0.717, 1.165) is 18.4 Å². The van der Waals surface area contributed by atoms with Crippen molar-refractivity contribution >= 4 is 11.7 Å². The van der Waals surface area contributed by atoms with E-state index >= 15 is 0 Å². The van der Waals surface area contributed by atoms with Crippen LogP contribution >= 0.6 is 0 Å². The second-order valence-corrected chi connectivity index (χ2v) is 9.60. The highest BCUT2D eigenvalue weighted by atomic mass is 16.5.